The Morgan fingerprint density at radius 3 is 1.26 bits per heavy atom. The van der Waals surface area contributed by atoms with Gasteiger partial charge in [-0.05, 0) is 118 Å². The lowest BCUT2D eigenvalue weighted by molar-refractivity contribution is 0.623. The number of allylic oxidation sites excluding steroid dienone is 2. The molecule has 8 rings (SSSR count). The Labute approximate surface area is 285 Å². The van der Waals surface area contributed by atoms with Crippen molar-refractivity contribution in [2.45, 2.75) is 102 Å². The van der Waals surface area contributed by atoms with Crippen LogP contribution in [-0.4, -0.2) is 8.07 Å². The molecule has 0 amide bonds. The van der Waals surface area contributed by atoms with Crippen LogP contribution in [0.2, 0.25) is 13.1 Å². The lowest BCUT2D eigenvalue weighted by Gasteiger charge is -2.41. The van der Waals surface area contributed by atoms with Gasteiger partial charge in [-0.15, -0.1) is 0 Å². The average Bonchev–Trinajstić information content (AvgIpc) is 3.98. The number of rotatable bonds is 10. The predicted octanol–water partition coefficient (Wildman–Crippen LogP) is 13.3. The van der Waals surface area contributed by atoms with Gasteiger partial charge in [-0.25, -0.2) is 0 Å². The van der Waals surface area contributed by atoms with E-state index in [1.807, 2.05) is 0 Å². The van der Waals surface area contributed by atoms with E-state index in [2.05, 4.69) is 138 Å². The van der Waals surface area contributed by atoms with Gasteiger partial charge < -0.3 is 0 Å². The van der Waals surface area contributed by atoms with Gasteiger partial charge in [0.15, 0.2) is 0 Å². The van der Waals surface area contributed by atoms with Crippen molar-refractivity contribution >= 4 is 20.2 Å². The van der Waals surface area contributed by atoms with E-state index in [4.69, 9.17) is 0 Å². The van der Waals surface area contributed by atoms with E-state index in [0.717, 1.165) is 11.8 Å². The fourth-order valence-electron chi connectivity index (χ4n) is 9.36. The van der Waals surface area contributed by atoms with Crippen LogP contribution >= 0.6 is 0 Å². The highest BCUT2D eigenvalue weighted by molar-refractivity contribution is 6.81. The Kier molecular flexibility index (Phi) is 7.83. The summed E-state index contributed by atoms with van der Waals surface area (Å²) in [7, 11) is -2.02. The second-order valence-corrected chi connectivity index (χ2v) is 21.5. The molecule has 2 saturated carbocycles. The largest absolute Gasteiger partial charge is 0.0722 e. The smallest absolute Gasteiger partial charge is 0.0679 e. The molecule has 0 spiro atoms. The zero-order valence-electron chi connectivity index (χ0n) is 29.4. The Hall–Kier alpha value is -3.42. The fraction of sp³-hybridized carbons (Fsp3) is 0.391. The summed E-state index contributed by atoms with van der Waals surface area (Å²) in [6, 6.07) is 33.6. The van der Waals surface area contributed by atoms with Crippen molar-refractivity contribution in [3.8, 4) is 22.3 Å². The standard InChI is InChI=1S/C46H52Si/c1-29(2)25-37-27-43-39(35-21-17-33(18-22-35)31-13-14-31)9-7-11-41(43)45(37)47(5,6)46-38(26-30(3)4)28-44-40(10-8-12-42(44)46)36-23-19-34(20-24-36)32-15-16-32/h7-12,17-24,27-32,45-46H,13-16,25-26H2,1-6H3. The van der Waals surface area contributed by atoms with E-state index in [1.165, 1.54) is 83.0 Å². The molecule has 2 unspecified atom stereocenters. The van der Waals surface area contributed by atoms with Gasteiger partial charge in [-0.3, -0.25) is 0 Å². The molecule has 4 aliphatic carbocycles. The molecule has 0 aliphatic heterocycles. The van der Waals surface area contributed by atoms with Gasteiger partial charge in [0.25, 0.3) is 0 Å². The third-order valence-electron chi connectivity index (χ3n) is 11.6. The molecule has 240 valence electrons. The lowest BCUT2D eigenvalue weighted by atomic mass is 9.95. The molecule has 2 fully saturated rings. The second-order valence-electron chi connectivity index (χ2n) is 16.7. The van der Waals surface area contributed by atoms with Crippen molar-refractivity contribution in [1.29, 1.82) is 0 Å². The van der Waals surface area contributed by atoms with Crippen molar-refractivity contribution in [3.63, 3.8) is 0 Å². The van der Waals surface area contributed by atoms with Crippen LogP contribution in [0, 0.1) is 11.8 Å². The van der Waals surface area contributed by atoms with Crippen molar-refractivity contribution in [1.82, 2.24) is 0 Å². The molecule has 4 aromatic carbocycles. The number of hydrogen-bond acceptors (Lipinski definition) is 0. The van der Waals surface area contributed by atoms with Gasteiger partial charge in [-0.2, -0.15) is 0 Å². The van der Waals surface area contributed by atoms with Gasteiger partial charge in [0.05, 0.1) is 8.07 Å². The summed E-state index contributed by atoms with van der Waals surface area (Å²) in [4.78, 5) is 0. The van der Waals surface area contributed by atoms with Crippen molar-refractivity contribution in [2.75, 3.05) is 0 Å². The summed E-state index contributed by atoms with van der Waals surface area (Å²) < 4.78 is 0. The minimum absolute atomic E-state index is 0.513. The fourth-order valence-corrected chi connectivity index (χ4v) is 14.1. The molecule has 2 atom stereocenters. The summed E-state index contributed by atoms with van der Waals surface area (Å²) in [5.41, 5.74) is 19.2. The SMILES string of the molecule is CC(C)CC1=Cc2c(-c3ccc(C4CC4)cc3)cccc2C1[Si](C)(C)C1C(CC(C)C)=Cc2c(-c3ccc(C4CC4)cc3)cccc21. The third kappa shape index (κ3) is 5.73. The predicted molar refractivity (Wildman–Crippen MR) is 206 cm³/mol. The monoisotopic (exact) mass is 632 g/mol. The molecule has 4 aromatic rings. The molecule has 1 heteroatoms. The Morgan fingerprint density at radius 2 is 0.915 bits per heavy atom. The van der Waals surface area contributed by atoms with Crippen LogP contribution in [0.4, 0.5) is 0 Å². The first-order chi connectivity index (χ1) is 22.7. The van der Waals surface area contributed by atoms with Crippen LogP contribution in [0.25, 0.3) is 34.4 Å². The van der Waals surface area contributed by atoms with Crippen molar-refractivity contribution in [3.05, 3.63) is 129 Å². The second kappa shape index (κ2) is 11.9. The molecule has 0 nitrogen and oxygen atoms in total. The highest BCUT2D eigenvalue weighted by Gasteiger charge is 2.48. The molecule has 0 bridgehead atoms. The van der Waals surface area contributed by atoms with Crippen LogP contribution in [0.1, 0.15) is 123 Å². The number of hydrogen-bond donors (Lipinski definition) is 0. The molecular weight excluding hydrogens is 581 g/mol. The first kappa shape index (κ1) is 30.9. The summed E-state index contributed by atoms with van der Waals surface area (Å²) >= 11 is 0. The molecule has 0 radical (unpaired) electrons. The zero-order valence-corrected chi connectivity index (χ0v) is 30.4. The van der Waals surface area contributed by atoms with Gasteiger partial charge >= 0.3 is 0 Å². The molecular formula is C46H52Si. The number of benzene rings is 4. The molecule has 0 saturated heterocycles. The quantitative estimate of drug-likeness (QED) is 0.153. The topological polar surface area (TPSA) is 0 Å². The van der Waals surface area contributed by atoms with Crippen LogP contribution < -0.4 is 0 Å². The number of fused-ring (bicyclic) bond motifs is 2. The van der Waals surface area contributed by atoms with Crippen LogP contribution in [0.5, 0.6) is 0 Å². The van der Waals surface area contributed by atoms with E-state index in [1.54, 1.807) is 22.3 Å². The Morgan fingerprint density at radius 1 is 0.532 bits per heavy atom. The van der Waals surface area contributed by atoms with Gasteiger partial charge in [0.1, 0.15) is 0 Å². The molecule has 0 N–H and O–H groups in total. The summed E-state index contributed by atoms with van der Waals surface area (Å²) in [5, 5.41) is 0. The molecule has 4 aliphatic rings. The molecule has 47 heavy (non-hydrogen) atoms. The maximum atomic E-state index is 2.73. The average molecular weight is 633 g/mol. The Bertz CT molecular complexity index is 1720. The van der Waals surface area contributed by atoms with Gasteiger partial charge in [0, 0.05) is 11.1 Å². The van der Waals surface area contributed by atoms with Crippen LogP contribution in [-0.2, 0) is 0 Å². The zero-order chi connectivity index (χ0) is 32.4. The normalized spacial score (nSPS) is 20.4. The summed E-state index contributed by atoms with van der Waals surface area (Å²) in [5.74, 6) is 2.86. The minimum atomic E-state index is -2.02. The Balaban J connectivity index is 1.22. The highest BCUT2D eigenvalue weighted by Crippen LogP contribution is 2.56. The summed E-state index contributed by atoms with van der Waals surface area (Å²) in [6.07, 6.45) is 13.0. The maximum Gasteiger partial charge on any atom is 0.0722 e. The van der Waals surface area contributed by atoms with E-state index in [9.17, 15) is 0 Å². The maximum absolute atomic E-state index is 2.73. The van der Waals surface area contributed by atoms with E-state index < -0.39 is 8.07 Å². The van der Waals surface area contributed by atoms with Crippen molar-refractivity contribution < 1.29 is 0 Å². The minimum Gasteiger partial charge on any atom is -0.0679 e. The highest BCUT2D eigenvalue weighted by atomic mass is 28.3. The molecule has 0 aromatic heterocycles. The van der Waals surface area contributed by atoms with Crippen LogP contribution in [0.15, 0.2) is 96.1 Å². The first-order valence-electron chi connectivity index (χ1n) is 18.6. The molecule has 0 heterocycles. The lowest BCUT2D eigenvalue weighted by Crippen LogP contribution is -2.43. The van der Waals surface area contributed by atoms with E-state index in [0.29, 0.717) is 22.9 Å². The van der Waals surface area contributed by atoms with Gasteiger partial charge in [-0.1, -0.05) is 149 Å². The summed E-state index contributed by atoms with van der Waals surface area (Å²) in [6.45, 7) is 15.1. The van der Waals surface area contributed by atoms with E-state index in [-0.39, 0.29) is 0 Å². The van der Waals surface area contributed by atoms with Crippen molar-refractivity contribution in [2.24, 2.45) is 11.8 Å². The van der Waals surface area contributed by atoms with E-state index >= 15 is 0 Å². The van der Waals surface area contributed by atoms with Crippen LogP contribution in [0.3, 0.4) is 0 Å². The first-order valence-corrected chi connectivity index (χ1v) is 21.7. The third-order valence-corrected chi connectivity index (χ3v) is 16.0. The van der Waals surface area contributed by atoms with Gasteiger partial charge in [0.2, 0.25) is 0 Å².